The summed E-state index contributed by atoms with van der Waals surface area (Å²) < 4.78 is 0. The minimum atomic E-state index is 0.852. The highest BCUT2D eigenvalue weighted by Gasteiger charge is 2.43. The van der Waals surface area contributed by atoms with Gasteiger partial charge in [-0.3, -0.25) is 0 Å². The third-order valence-electron chi connectivity index (χ3n) is 4.31. The fourth-order valence-electron chi connectivity index (χ4n) is 3.53. The predicted octanol–water partition coefficient (Wildman–Crippen LogP) is 5.03. The third-order valence-corrected chi connectivity index (χ3v) is 4.31. The Labute approximate surface area is 90.5 Å². The van der Waals surface area contributed by atoms with E-state index < -0.39 is 0 Å². The zero-order valence-corrected chi connectivity index (χ0v) is 10.6. The lowest BCUT2D eigenvalue weighted by Gasteiger charge is -2.50. The fraction of sp³-hybridized carbons (Fsp3) is 1.00. The van der Waals surface area contributed by atoms with Crippen molar-refractivity contribution in [1.29, 1.82) is 0 Å². The molecular formula is C14H28. The Hall–Kier alpha value is 0. The van der Waals surface area contributed by atoms with E-state index in [0.29, 0.717) is 0 Å². The Morgan fingerprint density at radius 2 is 1.57 bits per heavy atom. The van der Waals surface area contributed by atoms with E-state index in [0.717, 1.165) is 17.3 Å². The minimum absolute atomic E-state index is 0.852. The van der Waals surface area contributed by atoms with Crippen molar-refractivity contribution in [3.05, 3.63) is 0 Å². The van der Waals surface area contributed by atoms with Gasteiger partial charge in [-0.25, -0.2) is 0 Å². The van der Waals surface area contributed by atoms with Gasteiger partial charge in [0, 0.05) is 0 Å². The van der Waals surface area contributed by atoms with Crippen LogP contribution in [0.1, 0.15) is 72.6 Å². The van der Waals surface area contributed by atoms with E-state index in [-0.39, 0.29) is 0 Å². The van der Waals surface area contributed by atoms with Gasteiger partial charge in [0.15, 0.2) is 0 Å². The monoisotopic (exact) mass is 196 g/mol. The van der Waals surface area contributed by atoms with Gasteiger partial charge in [0.05, 0.1) is 0 Å². The number of hydrogen-bond donors (Lipinski definition) is 0. The molecule has 0 aromatic heterocycles. The molecule has 0 unspecified atom stereocenters. The van der Waals surface area contributed by atoms with Gasteiger partial charge < -0.3 is 0 Å². The summed E-state index contributed by atoms with van der Waals surface area (Å²) in [5.74, 6) is 2.12. The molecule has 0 aromatic rings. The van der Waals surface area contributed by atoms with Crippen LogP contribution in [0.2, 0.25) is 0 Å². The van der Waals surface area contributed by atoms with Crippen LogP contribution in [0.3, 0.4) is 0 Å². The zero-order valence-electron chi connectivity index (χ0n) is 10.6. The maximum Gasteiger partial charge on any atom is -0.0292 e. The molecule has 2 aliphatic carbocycles. The van der Waals surface area contributed by atoms with Gasteiger partial charge in [0.2, 0.25) is 0 Å². The molecule has 2 fully saturated rings. The molecule has 2 saturated carbocycles. The van der Waals surface area contributed by atoms with Crippen LogP contribution in [0.4, 0.5) is 0 Å². The molecule has 14 heavy (non-hydrogen) atoms. The summed E-state index contributed by atoms with van der Waals surface area (Å²) in [4.78, 5) is 0. The highest BCUT2D eigenvalue weighted by atomic mass is 14.5. The van der Waals surface area contributed by atoms with Crippen molar-refractivity contribution in [3.63, 3.8) is 0 Å². The fourth-order valence-corrected chi connectivity index (χ4v) is 3.53. The van der Waals surface area contributed by atoms with E-state index in [9.17, 15) is 0 Å². The van der Waals surface area contributed by atoms with Crippen molar-refractivity contribution in [2.45, 2.75) is 72.6 Å². The molecule has 2 aliphatic rings. The summed E-state index contributed by atoms with van der Waals surface area (Å²) in [6.45, 7) is 8.77. The lowest BCUT2D eigenvalue weighted by atomic mass is 9.55. The Balaban J connectivity index is 0.000000461. The summed E-state index contributed by atoms with van der Waals surface area (Å²) in [5, 5.41) is 0. The van der Waals surface area contributed by atoms with Crippen LogP contribution >= 0.6 is 0 Å². The van der Waals surface area contributed by atoms with E-state index in [2.05, 4.69) is 13.8 Å². The smallest absolute Gasteiger partial charge is 0.0292 e. The van der Waals surface area contributed by atoms with Gasteiger partial charge in [0.1, 0.15) is 0 Å². The molecule has 0 N–H and O–H groups in total. The summed E-state index contributed by atoms with van der Waals surface area (Å²) in [7, 11) is 0. The topological polar surface area (TPSA) is 0 Å². The van der Waals surface area contributed by atoms with Crippen LogP contribution in [-0.2, 0) is 0 Å². The molecular weight excluding hydrogens is 168 g/mol. The van der Waals surface area contributed by atoms with Crippen molar-refractivity contribution in [2.75, 3.05) is 0 Å². The van der Waals surface area contributed by atoms with E-state index in [1.807, 2.05) is 13.8 Å². The molecule has 0 bridgehead atoms. The van der Waals surface area contributed by atoms with Crippen molar-refractivity contribution in [2.24, 2.45) is 17.3 Å². The molecule has 1 spiro atoms. The Morgan fingerprint density at radius 3 is 1.93 bits per heavy atom. The first-order valence-corrected chi connectivity index (χ1v) is 6.74. The Bertz CT molecular complexity index is 143. The average molecular weight is 196 g/mol. The van der Waals surface area contributed by atoms with Gasteiger partial charge in [-0.2, -0.15) is 0 Å². The molecule has 84 valence electrons. The van der Waals surface area contributed by atoms with E-state index in [1.165, 1.54) is 19.3 Å². The molecule has 0 heteroatoms. The summed E-state index contributed by atoms with van der Waals surface area (Å²) in [6.07, 6.45) is 10.7. The molecule has 0 amide bonds. The molecule has 2 rings (SSSR count). The summed E-state index contributed by atoms with van der Waals surface area (Å²) in [6, 6.07) is 0. The first-order valence-electron chi connectivity index (χ1n) is 6.74. The molecule has 0 atom stereocenters. The number of rotatable bonds is 1. The van der Waals surface area contributed by atoms with Gasteiger partial charge >= 0.3 is 0 Å². The van der Waals surface area contributed by atoms with Crippen LogP contribution < -0.4 is 0 Å². The molecule has 0 heterocycles. The molecule has 0 nitrogen and oxygen atoms in total. The van der Waals surface area contributed by atoms with Crippen molar-refractivity contribution in [1.82, 2.24) is 0 Å². The SMILES string of the molecule is CC.CCC1CCC2(CC1)CC(C)C2. The van der Waals surface area contributed by atoms with Crippen molar-refractivity contribution in [3.8, 4) is 0 Å². The highest BCUT2D eigenvalue weighted by Crippen LogP contribution is 2.55. The van der Waals surface area contributed by atoms with Gasteiger partial charge in [-0.15, -0.1) is 0 Å². The molecule has 0 saturated heterocycles. The van der Waals surface area contributed by atoms with E-state index >= 15 is 0 Å². The van der Waals surface area contributed by atoms with Crippen LogP contribution in [-0.4, -0.2) is 0 Å². The third kappa shape index (κ3) is 2.52. The Morgan fingerprint density at radius 1 is 1.07 bits per heavy atom. The van der Waals surface area contributed by atoms with Gasteiger partial charge in [-0.05, 0) is 55.8 Å². The summed E-state index contributed by atoms with van der Waals surface area (Å²) in [5.41, 5.74) is 0.852. The first kappa shape index (κ1) is 12.1. The standard InChI is InChI=1S/C12H22.C2H6/c1-3-11-4-6-12(7-5-11)8-10(2)9-12;1-2/h10-11H,3-9H2,1-2H3;1-2H3. The summed E-state index contributed by atoms with van der Waals surface area (Å²) >= 11 is 0. The quantitative estimate of drug-likeness (QED) is 0.552. The maximum absolute atomic E-state index is 2.41. The first-order chi connectivity index (χ1) is 6.74. The maximum atomic E-state index is 2.41. The highest BCUT2D eigenvalue weighted by molar-refractivity contribution is 4.94. The molecule has 0 aromatic carbocycles. The predicted molar refractivity (Wildman–Crippen MR) is 64.4 cm³/mol. The second kappa shape index (κ2) is 5.19. The van der Waals surface area contributed by atoms with Gasteiger partial charge in [-0.1, -0.05) is 34.1 Å². The van der Waals surface area contributed by atoms with E-state index in [4.69, 9.17) is 0 Å². The second-order valence-electron chi connectivity index (χ2n) is 5.37. The largest absolute Gasteiger partial charge is 0.0683 e. The second-order valence-corrected chi connectivity index (χ2v) is 5.37. The molecule has 0 radical (unpaired) electrons. The van der Waals surface area contributed by atoms with E-state index in [1.54, 1.807) is 25.7 Å². The lowest BCUT2D eigenvalue weighted by Crippen LogP contribution is -2.38. The van der Waals surface area contributed by atoms with Crippen LogP contribution in [0.25, 0.3) is 0 Å². The normalized spacial score (nSPS) is 41.1. The Kier molecular flexibility index (Phi) is 4.47. The zero-order chi connectivity index (χ0) is 10.6. The number of hydrogen-bond acceptors (Lipinski definition) is 0. The molecule has 0 aliphatic heterocycles. The van der Waals surface area contributed by atoms with Crippen LogP contribution in [0.15, 0.2) is 0 Å². The average Bonchev–Trinajstić information content (AvgIpc) is 2.20. The lowest BCUT2D eigenvalue weighted by molar-refractivity contribution is 0.00816. The van der Waals surface area contributed by atoms with Crippen LogP contribution in [0.5, 0.6) is 0 Å². The van der Waals surface area contributed by atoms with Crippen molar-refractivity contribution < 1.29 is 0 Å². The van der Waals surface area contributed by atoms with Crippen LogP contribution in [0, 0.1) is 17.3 Å². The van der Waals surface area contributed by atoms with Gasteiger partial charge in [0.25, 0.3) is 0 Å². The minimum Gasteiger partial charge on any atom is -0.0683 e. The van der Waals surface area contributed by atoms with Crippen molar-refractivity contribution >= 4 is 0 Å².